The minimum absolute atomic E-state index is 0.525. The zero-order chi connectivity index (χ0) is 14.4. The Kier molecular flexibility index (Phi) is 5.14. The number of nitrogens with zero attached hydrogens (tertiary/aromatic N) is 2. The SMILES string of the molecule is CCc1nc(NN)cc(NCC2(O)CCCCCC2)n1. The van der Waals surface area contributed by atoms with Crippen LogP contribution in [0.15, 0.2) is 6.07 Å². The molecule has 0 spiro atoms. The smallest absolute Gasteiger partial charge is 0.145 e. The first-order valence-electron chi connectivity index (χ1n) is 7.46. The first kappa shape index (κ1) is 15.0. The number of aryl methyl sites for hydroxylation is 1. The fourth-order valence-electron chi connectivity index (χ4n) is 2.64. The van der Waals surface area contributed by atoms with Crippen molar-refractivity contribution in [1.82, 2.24) is 9.97 Å². The summed E-state index contributed by atoms with van der Waals surface area (Å²) in [6.07, 6.45) is 7.08. The fourth-order valence-corrected chi connectivity index (χ4v) is 2.64. The Morgan fingerprint density at radius 3 is 2.45 bits per heavy atom. The van der Waals surface area contributed by atoms with Crippen LogP contribution >= 0.6 is 0 Å². The number of aliphatic hydroxyl groups is 1. The maximum Gasteiger partial charge on any atom is 0.145 e. The molecule has 0 aliphatic heterocycles. The summed E-state index contributed by atoms with van der Waals surface area (Å²) in [6, 6.07) is 1.76. The van der Waals surface area contributed by atoms with Crippen molar-refractivity contribution >= 4 is 11.6 Å². The normalized spacial score (nSPS) is 18.4. The van der Waals surface area contributed by atoms with Gasteiger partial charge in [0.2, 0.25) is 0 Å². The van der Waals surface area contributed by atoms with Crippen LogP contribution in [0.25, 0.3) is 0 Å². The van der Waals surface area contributed by atoms with Crippen LogP contribution in [0, 0.1) is 0 Å². The van der Waals surface area contributed by atoms with Gasteiger partial charge in [0, 0.05) is 19.0 Å². The molecule has 1 aliphatic carbocycles. The number of hydrogen-bond donors (Lipinski definition) is 4. The summed E-state index contributed by atoms with van der Waals surface area (Å²) in [5.74, 6) is 7.44. The third-order valence-corrected chi connectivity index (χ3v) is 3.87. The number of nitrogens with two attached hydrogens (primary N) is 1. The van der Waals surface area contributed by atoms with Crippen molar-refractivity contribution in [3.8, 4) is 0 Å². The van der Waals surface area contributed by atoms with Gasteiger partial charge in [-0.15, -0.1) is 0 Å². The number of aromatic nitrogens is 2. The molecule has 0 atom stereocenters. The molecule has 1 aromatic rings. The van der Waals surface area contributed by atoms with Crippen LogP contribution in [-0.2, 0) is 6.42 Å². The molecule has 6 nitrogen and oxygen atoms in total. The minimum atomic E-state index is -0.621. The quantitative estimate of drug-likeness (QED) is 0.373. The first-order valence-corrected chi connectivity index (χ1v) is 7.46. The van der Waals surface area contributed by atoms with E-state index < -0.39 is 5.60 Å². The zero-order valence-electron chi connectivity index (χ0n) is 12.2. The molecule has 5 N–H and O–H groups in total. The summed E-state index contributed by atoms with van der Waals surface area (Å²) in [4.78, 5) is 8.66. The highest BCUT2D eigenvalue weighted by atomic mass is 16.3. The van der Waals surface area contributed by atoms with Crippen molar-refractivity contribution < 1.29 is 5.11 Å². The average molecular weight is 279 g/mol. The summed E-state index contributed by atoms with van der Waals surface area (Å²) >= 11 is 0. The van der Waals surface area contributed by atoms with E-state index in [1.165, 1.54) is 12.8 Å². The molecule has 20 heavy (non-hydrogen) atoms. The summed E-state index contributed by atoms with van der Waals surface area (Å²) in [7, 11) is 0. The van der Waals surface area contributed by atoms with Crippen LogP contribution < -0.4 is 16.6 Å². The van der Waals surface area contributed by atoms with E-state index in [9.17, 15) is 5.11 Å². The Bertz CT molecular complexity index is 407. The first-order chi connectivity index (χ1) is 9.65. The summed E-state index contributed by atoms with van der Waals surface area (Å²) in [5.41, 5.74) is 1.93. The predicted octanol–water partition coefficient (Wildman–Crippen LogP) is 1.82. The van der Waals surface area contributed by atoms with Crippen LogP contribution in [0.2, 0.25) is 0 Å². The van der Waals surface area contributed by atoms with Gasteiger partial charge in [-0.05, 0) is 12.8 Å². The molecule has 0 aromatic carbocycles. The Morgan fingerprint density at radius 2 is 1.85 bits per heavy atom. The Labute approximate surface area is 120 Å². The van der Waals surface area contributed by atoms with Gasteiger partial charge < -0.3 is 15.8 Å². The van der Waals surface area contributed by atoms with E-state index in [2.05, 4.69) is 20.7 Å². The number of nitrogen functional groups attached to an aromatic ring is 1. The molecule has 0 bridgehead atoms. The van der Waals surface area contributed by atoms with Crippen LogP contribution in [0.5, 0.6) is 0 Å². The molecule has 2 rings (SSSR count). The summed E-state index contributed by atoms with van der Waals surface area (Å²) in [5, 5.41) is 13.9. The number of anilines is 2. The molecule has 6 heteroatoms. The van der Waals surface area contributed by atoms with Crippen LogP contribution in [-0.4, -0.2) is 27.2 Å². The van der Waals surface area contributed by atoms with Crippen LogP contribution in [0.4, 0.5) is 11.6 Å². The van der Waals surface area contributed by atoms with Crippen molar-refractivity contribution in [2.75, 3.05) is 17.3 Å². The van der Waals surface area contributed by atoms with Gasteiger partial charge in [0.05, 0.1) is 5.60 Å². The number of hydrazine groups is 1. The van der Waals surface area contributed by atoms with E-state index in [0.29, 0.717) is 18.2 Å². The lowest BCUT2D eigenvalue weighted by Crippen LogP contribution is -2.36. The molecule has 0 amide bonds. The Hall–Kier alpha value is -1.40. The van der Waals surface area contributed by atoms with Gasteiger partial charge in [0.25, 0.3) is 0 Å². The van der Waals surface area contributed by atoms with Crippen LogP contribution in [0.3, 0.4) is 0 Å². The maximum absolute atomic E-state index is 10.6. The van der Waals surface area contributed by atoms with E-state index >= 15 is 0 Å². The molecule has 112 valence electrons. The average Bonchev–Trinajstić information content (AvgIpc) is 2.70. The van der Waals surface area contributed by atoms with Gasteiger partial charge in [-0.25, -0.2) is 15.8 Å². The second-order valence-corrected chi connectivity index (χ2v) is 5.54. The van der Waals surface area contributed by atoms with Gasteiger partial charge in [0.1, 0.15) is 17.5 Å². The van der Waals surface area contributed by atoms with Crippen molar-refractivity contribution in [3.05, 3.63) is 11.9 Å². The van der Waals surface area contributed by atoms with Gasteiger partial charge >= 0.3 is 0 Å². The fraction of sp³-hybridized carbons (Fsp3) is 0.714. The van der Waals surface area contributed by atoms with Crippen LogP contribution in [0.1, 0.15) is 51.3 Å². The number of nitrogens with one attached hydrogen (secondary N) is 2. The molecule has 0 unspecified atom stereocenters. The molecule has 0 saturated heterocycles. The third kappa shape index (κ3) is 4.05. The number of hydrogen-bond acceptors (Lipinski definition) is 6. The van der Waals surface area contributed by atoms with Gasteiger partial charge in [-0.3, -0.25) is 0 Å². The maximum atomic E-state index is 10.6. The minimum Gasteiger partial charge on any atom is -0.388 e. The Balaban J connectivity index is 2.02. The molecule has 1 heterocycles. The lowest BCUT2D eigenvalue weighted by Gasteiger charge is -2.27. The van der Waals surface area contributed by atoms with Crippen molar-refractivity contribution in [1.29, 1.82) is 0 Å². The van der Waals surface area contributed by atoms with Gasteiger partial charge in [-0.1, -0.05) is 32.6 Å². The second-order valence-electron chi connectivity index (χ2n) is 5.54. The zero-order valence-corrected chi connectivity index (χ0v) is 12.2. The van der Waals surface area contributed by atoms with E-state index in [1.807, 2.05) is 6.92 Å². The standard InChI is InChI=1S/C14H25N5O/c1-2-11-17-12(9-13(18-11)19-15)16-10-14(20)7-5-3-4-6-8-14/h9,20H,2-8,10,15H2,1H3,(H2,16,17,18,19). The van der Waals surface area contributed by atoms with Crippen molar-refractivity contribution in [2.45, 2.75) is 57.5 Å². The molecule has 1 fully saturated rings. The molecule has 1 aliphatic rings. The monoisotopic (exact) mass is 279 g/mol. The largest absolute Gasteiger partial charge is 0.388 e. The van der Waals surface area contributed by atoms with Gasteiger partial charge in [-0.2, -0.15) is 0 Å². The van der Waals surface area contributed by atoms with Crippen molar-refractivity contribution in [2.24, 2.45) is 5.84 Å². The highest BCUT2D eigenvalue weighted by Crippen LogP contribution is 2.27. The molecular formula is C14H25N5O. The number of rotatable bonds is 5. The van der Waals surface area contributed by atoms with Gasteiger partial charge in [0.15, 0.2) is 0 Å². The topological polar surface area (TPSA) is 96.1 Å². The molecular weight excluding hydrogens is 254 g/mol. The molecule has 1 saturated carbocycles. The molecule has 1 aromatic heterocycles. The Morgan fingerprint density at radius 1 is 1.20 bits per heavy atom. The summed E-state index contributed by atoms with van der Waals surface area (Å²) in [6.45, 7) is 2.52. The second kappa shape index (κ2) is 6.85. The molecule has 0 radical (unpaired) electrons. The predicted molar refractivity (Wildman–Crippen MR) is 80.4 cm³/mol. The van der Waals surface area contributed by atoms with E-state index in [1.54, 1.807) is 6.07 Å². The van der Waals surface area contributed by atoms with E-state index in [4.69, 9.17) is 5.84 Å². The third-order valence-electron chi connectivity index (χ3n) is 3.87. The lowest BCUT2D eigenvalue weighted by atomic mass is 9.94. The highest BCUT2D eigenvalue weighted by molar-refractivity contribution is 5.47. The van der Waals surface area contributed by atoms with Crippen molar-refractivity contribution in [3.63, 3.8) is 0 Å². The lowest BCUT2D eigenvalue weighted by molar-refractivity contribution is 0.0380. The van der Waals surface area contributed by atoms with E-state index in [0.717, 1.165) is 37.9 Å². The van der Waals surface area contributed by atoms with E-state index in [-0.39, 0.29) is 0 Å². The highest BCUT2D eigenvalue weighted by Gasteiger charge is 2.27. The summed E-state index contributed by atoms with van der Waals surface area (Å²) < 4.78 is 0.